The Morgan fingerprint density at radius 2 is 1.44 bits per heavy atom. The molecule has 0 aliphatic heterocycles. The van der Waals surface area contributed by atoms with E-state index in [1.54, 1.807) is 17.8 Å². The minimum atomic E-state index is 0.441. The molecule has 0 aliphatic carbocycles. The summed E-state index contributed by atoms with van der Waals surface area (Å²) in [7, 11) is 0. The van der Waals surface area contributed by atoms with Crippen LogP contribution < -0.4 is 5.73 Å². The lowest BCUT2D eigenvalue weighted by Crippen LogP contribution is -1.96. The maximum Gasteiger partial charge on any atom is 0.0603 e. The van der Waals surface area contributed by atoms with Gasteiger partial charge in [0.1, 0.15) is 0 Å². The van der Waals surface area contributed by atoms with Gasteiger partial charge in [-0.15, -0.1) is 0 Å². The average Bonchev–Trinajstić information content (AvgIpc) is 2.34. The van der Waals surface area contributed by atoms with E-state index >= 15 is 0 Å². The van der Waals surface area contributed by atoms with Crippen LogP contribution in [0.15, 0.2) is 46.2 Å². The van der Waals surface area contributed by atoms with Crippen LogP contribution in [0.4, 0.5) is 0 Å². The summed E-state index contributed by atoms with van der Waals surface area (Å²) >= 11 is 19.5. The molecule has 0 aliphatic rings. The van der Waals surface area contributed by atoms with Gasteiger partial charge in [0.05, 0.1) is 10.0 Å². The van der Waals surface area contributed by atoms with Crippen molar-refractivity contribution in [1.29, 1.82) is 0 Å². The molecule has 0 bridgehead atoms. The number of hydrogen-bond acceptors (Lipinski definition) is 2. The zero-order chi connectivity index (χ0) is 13.1. The smallest absolute Gasteiger partial charge is 0.0603 e. The molecule has 0 unspecified atom stereocenters. The monoisotopic (exact) mass is 317 g/mol. The molecule has 2 aromatic rings. The Balaban J connectivity index is 2.23. The number of benzene rings is 2. The molecule has 94 valence electrons. The SMILES string of the molecule is NCc1ccc(Sc2ccc(Cl)c(Cl)c2)cc1Cl. The minimum Gasteiger partial charge on any atom is -0.326 e. The van der Waals surface area contributed by atoms with Crippen molar-refractivity contribution in [3.8, 4) is 0 Å². The van der Waals surface area contributed by atoms with Crippen molar-refractivity contribution in [1.82, 2.24) is 0 Å². The van der Waals surface area contributed by atoms with Crippen LogP contribution in [0, 0.1) is 0 Å². The number of rotatable bonds is 3. The summed E-state index contributed by atoms with van der Waals surface area (Å²) in [6.45, 7) is 0.441. The fourth-order valence-corrected chi connectivity index (χ4v) is 3.02. The predicted molar refractivity (Wildman–Crippen MR) is 79.9 cm³/mol. The molecular weight excluding hydrogens is 309 g/mol. The fourth-order valence-electron chi connectivity index (χ4n) is 1.43. The van der Waals surface area contributed by atoms with E-state index < -0.39 is 0 Å². The molecule has 0 heterocycles. The highest BCUT2D eigenvalue weighted by Gasteiger charge is 2.04. The van der Waals surface area contributed by atoms with Crippen LogP contribution in [0.3, 0.4) is 0 Å². The van der Waals surface area contributed by atoms with Gasteiger partial charge in [0.15, 0.2) is 0 Å². The first kappa shape index (κ1) is 14.0. The van der Waals surface area contributed by atoms with E-state index in [0.717, 1.165) is 15.4 Å². The first-order chi connectivity index (χ1) is 8.60. The highest BCUT2D eigenvalue weighted by atomic mass is 35.5. The lowest BCUT2D eigenvalue weighted by molar-refractivity contribution is 1.07. The number of nitrogens with two attached hydrogens (primary N) is 1. The van der Waals surface area contributed by atoms with Gasteiger partial charge in [-0.05, 0) is 35.9 Å². The Bertz CT molecular complexity index is 572. The standard InChI is InChI=1S/C13H10Cl3NS/c14-11-4-3-10(6-13(11)16)18-9-2-1-8(7-17)12(15)5-9/h1-6H,7,17H2. The van der Waals surface area contributed by atoms with Gasteiger partial charge < -0.3 is 5.73 Å². The van der Waals surface area contributed by atoms with Crippen molar-refractivity contribution >= 4 is 46.6 Å². The zero-order valence-corrected chi connectivity index (χ0v) is 12.4. The Morgan fingerprint density at radius 1 is 0.833 bits per heavy atom. The maximum atomic E-state index is 6.11. The molecule has 1 nitrogen and oxygen atoms in total. The van der Waals surface area contributed by atoms with Crippen molar-refractivity contribution in [3.63, 3.8) is 0 Å². The van der Waals surface area contributed by atoms with E-state index in [1.165, 1.54) is 0 Å². The van der Waals surface area contributed by atoms with Crippen LogP contribution in [0.1, 0.15) is 5.56 Å². The fraction of sp³-hybridized carbons (Fsp3) is 0.0769. The lowest BCUT2D eigenvalue weighted by atomic mass is 10.2. The van der Waals surface area contributed by atoms with Crippen molar-refractivity contribution < 1.29 is 0 Å². The van der Waals surface area contributed by atoms with Crippen molar-refractivity contribution in [2.75, 3.05) is 0 Å². The topological polar surface area (TPSA) is 26.0 Å². The molecule has 0 spiro atoms. The molecule has 0 saturated heterocycles. The van der Waals surface area contributed by atoms with Gasteiger partial charge >= 0.3 is 0 Å². The third-order valence-corrected chi connectivity index (χ3v) is 4.44. The summed E-state index contributed by atoms with van der Waals surface area (Å²) < 4.78 is 0. The second-order valence-corrected chi connectivity index (χ2v) is 6.00. The summed E-state index contributed by atoms with van der Waals surface area (Å²) in [5, 5.41) is 1.78. The zero-order valence-electron chi connectivity index (χ0n) is 9.29. The van der Waals surface area contributed by atoms with Crippen LogP contribution >= 0.6 is 46.6 Å². The van der Waals surface area contributed by atoms with Crippen molar-refractivity contribution in [3.05, 3.63) is 57.0 Å². The van der Waals surface area contributed by atoms with Crippen LogP contribution in [0.25, 0.3) is 0 Å². The third-order valence-electron chi connectivity index (χ3n) is 2.37. The quantitative estimate of drug-likeness (QED) is 0.835. The first-order valence-corrected chi connectivity index (χ1v) is 7.16. The number of hydrogen-bond donors (Lipinski definition) is 1. The molecule has 0 aromatic heterocycles. The van der Waals surface area contributed by atoms with Crippen molar-refractivity contribution in [2.24, 2.45) is 5.73 Å². The minimum absolute atomic E-state index is 0.441. The Kier molecular flexibility index (Phi) is 4.82. The molecule has 5 heteroatoms. The van der Waals surface area contributed by atoms with E-state index in [-0.39, 0.29) is 0 Å². The normalized spacial score (nSPS) is 10.7. The summed E-state index contributed by atoms with van der Waals surface area (Å²) in [6.07, 6.45) is 0. The Hall–Kier alpha value is -0.380. The second-order valence-electron chi connectivity index (χ2n) is 3.64. The molecule has 2 N–H and O–H groups in total. The van der Waals surface area contributed by atoms with Gasteiger partial charge in [-0.25, -0.2) is 0 Å². The van der Waals surface area contributed by atoms with E-state index in [2.05, 4.69) is 0 Å². The molecule has 0 amide bonds. The molecule has 0 saturated carbocycles. The van der Waals surface area contributed by atoms with Gasteiger partial charge in [0, 0.05) is 21.4 Å². The van der Waals surface area contributed by atoms with Crippen LogP contribution in [0.2, 0.25) is 15.1 Å². The van der Waals surface area contributed by atoms with E-state index in [9.17, 15) is 0 Å². The van der Waals surface area contributed by atoms with E-state index in [0.29, 0.717) is 21.6 Å². The van der Waals surface area contributed by atoms with Crippen LogP contribution in [-0.2, 0) is 6.54 Å². The largest absolute Gasteiger partial charge is 0.326 e. The van der Waals surface area contributed by atoms with Gasteiger partial charge in [-0.2, -0.15) is 0 Å². The molecule has 0 fully saturated rings. The Labute approximate surface area is 125 Å². The molecule has 2 rings (SSSR count). The van der Waals surface area contributed by atoms with E-state index in [4.69, 9.17) is 40.5 Å². The molecular formula is C13H10Cl3NS. The van der Waals surface area contributed by atoms with Crippen molar-refractivity contribution in [2.45, 2.75) is 16.3 Å². The van der Waals surface area contributed by atoms with Crippen LogP contribution in [-0.4, -0.2) is 0 Å². The van der Waals surface area contributed by atoms with Gasteiger partial charge in [0.2, 0.25) is 0 Å². The average molecular weight is 319 g/mol. The highest BCUT2D eigenvalue weighted by Crippen LogP contribution is 2.34. The predicted octanol–water partition coefficient (Wildman–Crippen LogP) is 5.26. The van der Waals surface area contributed by atoms with E-state index in [1.807, 2.05) is 30.3 Å². The van der Waals surface area contributed by atoms with Gasteiger partial charge in [-0.3, -0.25) is 0 Å². The highest BCUT2D eigenvalue weighted by molar-refractivity contribution is 7.99. The molecule has 2 aromatic carbocycles. The summed E-state index contributed by atoms with van der Waals surface area (Å²) in [5.41, 5.74) is 6.51. The maximum absolute atomic E-state index is 6.11. The third kappa shape index (κ3) is 3.34. The second kappa shape index (κ2) is 6.18. The molecule has 0 radical (unpaired) electrons. The molecule has 0 atom stereocenters. The lowest BCUT2D eigenvalue weighted by Gasteiger charge is -2.06. The number of halogens is 3. The summed E-state index contributed by atoms with van der Waals surface area (Å²) in [5.74, 6) is 0. The summed E-state index contributed by atoms with van der Waals surface area (Å²) in [6, 6.07) is 11.4. The Morgan fingerprint density at radius 3 is 2.00 bits per heavy atom. The van der Waals surface area contributed by atoms with Gasteiger partial charge in [0.25, 0.3) is 0 Å². The van der Waals surface area contributed by atoms with Gasteiger partial charge in [-0.1, -0.05) is 52.6 Å². The molecule has 18 heavy (non-hydrogen) atoms. The van der Waals surface area contributed by atoms with Crippen LogP contribution in [0.5, 0.6) is 0 Å². The first-order valence-electron chi connectivity index (χ1n) is 5.21. The summed E-state index contributed by atoms with van der Waals surface area (Å²) in [4.78, 5) is 2.05.